The van der Waals surface area contributed by atoms with Gasteiger partial charge >= 0.3 is 0 Å². The van der Waals surface area contributed by atoms with Gasteiger partial charge < -0.3 is 30.4 Å². The van der Waals surface area contributed by atoms with E-state index in [0.29, 0.717) is 31.5 Å². The van der Waals surface area contributed by atoms with E-state index in [2.05, 4.69) is 15.3 Å². The maximum atomic E-state index is 10.5. The number of aliphatic carboxylic acids is 1. The largest absolute Gasteiger partial charge is 0.675 e. The van der Waals surface area contributed by atoms with Crippen molar-refractivity contribution in [3.63, 3.8) is 0 Å². The van der Waals surface area contributed by atoms with Crippen LogP contribution in [-0.4, -0.2) is 59.0 Å². The van der Waals surface area contributed by atoms with E-state index in [1.807, 2.05) is 65.8 Å². The van der Waals surface area contributed by atoms with Crippen molar-refractivity contribution in [2.45, 2.75) is 69.2 Å². The minimum atomic E-state index is -0.833. The zero-order chi connectivity index (χ0) is 29.6. The van der Waals surface area contributed by atoms with Gasteiger partial charge in [-0.25, -0.2) is 9.97 Å². The Morgan fingerprint density at radius 2 is 1.18 bits per heavy atom. The van der Waals surface area contributed by atoms with Crippen LogP contribution >= 0.6 is 0 Å². The second-order valence-corrected chi connectivity index (χ2v) is 6.61. The molecule has 0 saturated carbocycles. The number of Topliss-reactive ketones (excluding diaryl/α,β-unsaturated/α-hetero) is 1. The van der Waals surface area contributed by atoms with Gasteiger partial charge in [-0.1, -0.05) is 39.8 Å². The number of aryl methyl sites for hydroxylation is 2. The van der Waals surface area contributed by atoms with Gasteiger partial charge in [-0.05, 0) is 39.8 Å². The van der Waals surface area contributed by atoms with Crippen LogP contribution in [0.1, 0.15) is 66.5 Å². The van der Waals surface area contributed by atoms with E-state index >= 15 is 0 Å². The van der Waals surface area contributed by atoms with Gasteiger partial charge in [0.1, 0.15) is 12.4 Å². The van der Waals surface area contributed by atoms with E-state index < -0.39 is 5.97 Å². The molecule has 2 aromatic rings. The van der Waals surface area contributed by atoms with E-state index in [1.54, 1.807) is 12.4 Å². The molecule has 0 aliphatic carbocycles. The topological polar surface area (TPSA) is 152 Å². The van der Waals surface area contributed by atoms with Gasteiger partial charge in [0.25, 0.3) is 5.97 Å². The summed E-state index contributed by atoms with van der Waals surface area (Å²) >= 11 is 0. The fraction of sp³-hybridized carbons (Fsp3) is 0.519. The number of pyridine rings is 2. The fourth-order valence-corrected chi connectivity index (χ4v) is 1.77. The van der Waals surface area contributed by atoms with Crippen LogP contribution in [0.15, 0.2) is 36.7 Å². The molecule has 0 saturated heterocycles. The van der Waals surface area contributed by atoms with Crippen molar-refractivity contribution in [2.75, 3.05) is 26.3 Å². The van der Waals surface area contributed by atoms with Gasteiger partial charge in [0, 0.05) is 70.1 Å². The third-order valence-electron chi connectivity index (χ3n) is 2.98. The number of amides is 1. The zero-order valence-corrected chi connectivity index (χ0v) is 27.6. The average Bonchev–Trinajstić information content (AvgIpc) is 2.84. The molecule has 0 spiro atoms. The van der Waals surface area contributed by atoms with Gasteiger partial charge in [0.05, 0.1) is 13.2 Å². The Kier molecular flexibility index (Phi) is 41.4. The first-order valence-electron chi connectivity index (χ1n) is 12.2. The van der Waals surface area contributed by atoms with E-state index in [0.717, 1.165) is 18.1 Å². The van der Waals surface area contributed by atoms with Crippen LogP contribution in [0.3, 0.4) is 0 Å². The molecule has 38 heavy (non-hydrogen) atoms. The van der Waals surface area contributed by atoms with Crippen molar-refractivity contribution in [1.29, 1.82) is 0 Å². The number of carbonyl (C=O) groups excluding carboxylic acids is 2. The zero-order valence-electron chi connectivity index (χ0n) is 24.8. The molecule has 215 valence electrons. The van der Waals surface area contributed by atoms with Crippen LogP contribution in [-0.2, 0) is 47.1 Å². The Morgan fingerprint density at radius 1 is 0.842 bits per heavy atom. The Labute approximate surface area is 254 Å². The quantitative estimate of drug-likeness (QED) is 0.391. The molecule has 1 radical (unpaired) electrons. The molecule has 0 atom stereocenters. The first-order valence-corrected chi connectivity index (χ1v) is 12.2. The molecule has 0 fully saturated rings. The first-order chi connectivity index (χ1) is 17.5. The minimum absolute atomic E-state index is 0. The summed E-state index contributed by atoms with van der Waals surface area (Å²) in [6, 6.07) is 7.59. The number of aromatic nitrogens is 2. The number of ether oxygens (including phenoxy) is 2. The molecule has 3 N–H and O–H groups in total. The van der Waals surface area contributed by atoms with Crippen LogP contribution in [0.2, 0.25) is 0 Å². The number of nitrogens with zero attached hydrogens (tertiary/aromatic N) is 2. The summed E-state index contributed by atoms with van der Waals surface area (Å²) in [5.74, 6) is 0.545. The van der Waals surface area contributed by atoms with Crippen LogP contribution in [0.4, 0.5) is 0 Å². The van der Waals surface area contributed by atoms with Crippen molar-refractivity contribution < 1.29 is 61.7 Å². The summed E-state index contributed by atoms with van der Waals surface area (Å²) in [6.07, 6.45) is 3.37. The third-order valence-corrected chi connectivity index (χ3v) is 2.98. The summed E-state index contributed by atoms with van der Waals surface area (Å²) in [7, 11) is 0. The van der Waals surface area contributed by atoms with Crippen LogP contribution in [0, 0.1) is 13.8 Å². The van der Waals surface area contributed by atoms with Gasteiger partial charge in [0.2, 0.25) is 17.7 Å². The minimum Gasteiger partial charge on any atom is -0.675 e. The van der Waals surface area contributed by atoms with Gasteiger partial charge in [0.15, 0.2) is 0 Å². The Bertz CT molecular complexity index is 819. The number of ketones is 1. The van der Waals surface area contributed by atoms with Crippen molar-refractivity contribution in [3.05, 3.63) is 53.5 Å². The monoisotopic (exact) mass is 612 g/mol. The predicted molar refractivity (Wildman–Crippen MR) is 149 cm³/mol. The molecule has 11 heteroatoms. The third kappa shape index (κ3) is 38.1. The van der Waals surface area contributed by atoms with E-state index in [4.69, 9.17) is 25.1 Å². The van der Waals surface area contributed by atoms with E-state index in [9.17, 15) is 9.59 Å². The smallest absolute Gasteiger partial charge is 0.300 e. The van der Waals surface area contributed by atoms with Crippen molar-refractivity contribution in [3.8, 4) is 11.8 Å². The Morgan fingerprint density at radius 3 is 1.47 bits per heavy atom. The van der Waals surface area contributed by atoms with Crippen LogP contribution in [0.25, 0.3) is 5.73 Å². The Hall–Kier alpha value is -2.43. The molecule has 0 bridgehead atoms. The average molecular weight is 613 g/mol. The van der Waals surface area contributed by atoms with Gasteiger partial charge in [-0.15, -0.1) is 6.54 Å². The predicted octanol–water partition coefficient (Wildman–Crippen LogP) is 5.46. The molecular formula is C27H47N4O6Y-. The van der Waals surface area contributed by atoms with Crippen LogP contribution in [0.5, 0.6) is 11.8 Å². The fourth-order valence-electron chi connectivity index (χ4n) is 1.77. The van der Waals surface area contributed by atoms with E-state index in [-0.39, 0.29) is 50.9 Å². The summed E-state index contributed by atoms with van der Waals surface area (Å²) in [6.45, 7) is 19.1. The number of carbonyl (C=O) groups is 3. The Balaban J connectivity index is -0.000000135. The maximum Gasteiger partial charge on any atom is 0.300 e. The van der Waals surface area contributed by atoms with Gasteiger partial charge in [-0.3, -0.25) is 9.59 Å². The second kappa shape index (κ2) is 34.6. The first kappa shape index (κ1) is 45.5. The molecule has 1 amide bonds. The SMILES string of the molecule is CC.CC.CC(=O)NCCOc1ncccc1C.CC(=O)O.CC(C)=O.Cc1cccnc1OCC[NH-].[Y]. The molecule has 2 heterocycles. The number of hydrogen-bond acceptors (Lipinski definition) is 7. The van der Waals surface area contributed by atoms with Crippen molar-refractivity contribution >= 4 is 17.7 Å². The number of rotatable bonds is 7. The molecule has 2 rings (SSSR count). The van der Waals surface area contributed by atoms with E-state index in [1.165, 1.54) is 20.8 Å². The summed E-state index contributed by atoms with van der Waals surface area (Å²) in [4.78, 5) is 37.1. The molecule has 0 unspecified atom stereocenters. The van der Waals surface area contributed by atoms with Crippen molar-refractivity contribution in [1.82, 2.24) is 15.3 Å². The molecule has 10 nitrogen and oxygen atoms in total. The maximum absolute atomic E-state index is 10.5. The number of nitrogens with one attached hydrogen (secondary N) is 2. The number of carboxylic acid groups (broad SMARTS) is 1. The summed E-state index contributed by atoms with van der Waals surface area (Å²) < 4.78 is 10.5. The molecule has 0 aliphatic heterocycles. The van der Waals surface area contributed by atoms with Crippen LogP contribution < -0.4 is 14.8 Å². The standard InChI is InChI=1S/C10H14N2O2.C8H11N2O.C3H6O.C2H4O2.2C2H6.Y/c1-8-4-3-5-12-10(8)14-7-6-11-9(2)13;1-7-3-2-5-10-8(7)11-6-4-9;1-3(2)4;1-2(3)4;2*1-2;/h3-5H,6-7H2,1-2H3,(H,11,13);2-3,5,9H,4,6H2,1H3;1-2H3;1H3,(H,3,4);2*1-2H3;/q;-1;;;;;. The van der Waals surface area contributed by atoms with Gasteiger partial charge in [-0.2, -0.15) is 0 Å². The summed E-state index contributed by atoms with van der Waals surface area (Å²) in [5.41, 5.74) is 8.88. The number of hydrogen-bond donors (Lipinski definition) is 2. The molecule has 0 aromatic carbocycles. The molecule has 2 aromatic heterocycles. The number of carboxylic acids is 1. The molecule has 0 aliphatic rings. The second-order valence-electron chi connectivity index (χ2n) is 6.61. The van der Waals surface area contributed by atoms with Crippen molar-refractivity contribution in [2.24, 2.45) is 0 Å². The normalized spacial score (nSPS) is 7.97. The summed E-state index contributed by atoms with van der Waals surface area (Å²) in [5, 5.41) is 10.1. The molecular weight excluding hydrogens is 565 g/mol.